The van der Waals surface area contributed by atoms with Gasteiger partial charge in [-0.3, -0.25) is 4.79 Å². The summed E-state index contributed by atoms with van der Waals surface area (Å²) in [7, 11) is 0. The standard InChI is InChI=1S/C17H17F3N4O/c18-17(19,20)11-4-3-7-13(10-11)22-15(25)14-8-9-21-16(24-14)23-12-5-1-2-6-12/h3-4,7-10,12H,1-2,5-6H2,(H,22,25)(H,21,23,24). The van der Waals surface area contributed by atoms with Gasteiger partial charge in [-0.15, -0.1) is 0 Å². The smallest absolute Gasteiger partial charge is 0.351 e. The highest BCUT2D eigenvalue weighted by molar-refractivity contribution is 6.03. The number of aromatic nitrogens is 2. The lowest BCUT2D eigenvalue weighted by Gasteiger charge is -2.12. The normalized spacial score (nSPS) is 15.2. The van der Waals surface area contributed by atoms with Crippen molar-refractivity contribution < 1.29 is 18.0 Å². The summed E-state index contributed by atoms with van der Waals surface area (Å²) in [5.41, 5.74) is -0.673. The Labute approximate surface area is 142 Å². The summed E-state index contributed by atoms with van der Waals surface area (Å²) in [6.45, 7) is 0. The molecule has 0 spiro atoms. The molecule has 0 aliphatic heterocycles. The number of carbonyl (C=O) groups is 1. The molecule has 0 saturated heterocycles. The average molecular weight is 350 g/mol. The minimum absolute atomic E-state index is 0.0590. The van der Waals surface area contributed by atoms with Gasteiger partial charge >= 0.3 is 6.18 Å². The number of alkyl halides is 3. The van der Waals surface area contributed by atoms with E-state index in [2.05, 4.69) is 20.6 Å². The largest absolute Gasteiger partial charge is 0.416 e. The maximum Gasteiger partial charge on any atom is 0.416 e. The Bertz CT molecular complexity index is 758. The fourth-order valence-corrected chi connectivity index (χ4v) is 2.78. The number of halogens is 3. The molecule has 2 aromatic rings. The number of nitrogens with zero attached hydrogens (tertiary/aromatic N) is 2. The molecule has 5 nitrogen and oxygen atoms in total. The van der Waals surface area contributed by atoms with E-state index in [-0.39, 0.29) is 11.4 Å². The van der Waals surface area contributed by atoms with Crippen molar-refractivity contribution in [3.63, 3.8) is 0 Å². The predicted molar refractivity (Wildman–Crippen MR) is 87.3 cm³/mol. The van der Waals surface area contributed by atoms with E-state index in [1.54, 1.807) is 0 Å². The van der Waals surface area contributed by atoms with E-state index in [0.717, 1.165) is 37.8 Å². The Balaban J connectivity index is 1.71. The third-order valence-corrected chi connectivity index (χ3v) is 4.02. The number of hydrogen-bond acceptors (Lipinski definition) is 4. The van der Waals surface area contributed by atoms with E-state index in [0.29, 0.717) is 12.0 Å². The highest BCUT2D eigenvalue weighted by Gasteiger charge is 2.30. The summed E-state index contributed by atoms with van der Waals surface area (Å²) >= 11 is 0. The van der Waals surface area contributed by atoms with Gasteiger partial charge < -0.3 is 10.6 Å². The summed E-state index contributed by atoms with van der Waals surface area (Å²) in [4.78, 5) is 20.5. The zero-order valence-corrected chi connectivity index (χ0v) is 13.3. The molecule has 1 aliphatic carbocycles. The zero-order chi connectivity index (χ0) is 17.9. The lowest BCUT2D eigenvalue weighted by molar-refractivity contribution is -0.137. The van der Waals surface area contributed by atoms with Gasteiger partial charge in [0.1, 0.15) is 5.69 Å². The molecule has 0 unspecified atom stereocenters. The SMILES string of the molecule is O=C(Nc1cccc(C(F)(F)F)c1)c1ccnc(NC2CCCC2)n1. The summed E-state index contributed by atoms with van der Waals surface area (Å²) in [6.07, 6.45) is 1.34. The van der Waals surface area contributed by atoms with E-state index in [9.17, 15) is 18.0 Å². The van der Waals surface area contributed by atoms with Crippen LogP contribution in [0.2, 0.25) is 0 Å². The molecule has 1 saturated carbocycles. The molecule has 1 heterocycles. The zero-order valence-electron chi connectivity index (χ0n) is 13.3. The molecule has 0 radical (unpaired) electrons. The first-order chi connectivity index (χ1) is 11.9. The van der Waals surface area contributed by atoms with Crippen LogP contribution >= 0.6 is 0 Å². The number of benzene rings is 1. The molecule has 0 atom stereocenters. The molecule has 2 N–H and O–H groups in total. The monoisotopic (exact) mass is 350 g/mol. The lowest BCUT2D eigenvalue weighted by Crippen LogP contribution is -2.19. The lowest BCUT2D eigenvalue weighted by atomic mass is 10.2. The van der Waals surface area contributed by atoms with Crippen LogP contribution in [-0.2, 0) is 6.18 Å². The number of amides is 1. The van der Waals surface area contributed by atoms with E-state index in [4.69, 9.17) is 0 Å². The van der Waals surface area contributed by atoms with Gasteiger partial charge in [0.2, 0.25) is 5.95 Å². The van der Waals surface area contributed by atoms with Gasteiger partial charge in [0.15, 0.2) is 0 Å². The molecule has 132 valence electrons. The summed E-state index contributed by atoms with van der Waals surface area (Å²) in [5, 5.41) is 5.61. The van der Waals surface area contributed by atoms with Crippen molar-refractivity contribution in [3.05, 3.63) is 47.8 Å². The molecule has 1 aliphatic rings. The highest BCUT2D eigenvalue weighted by Crippen LogP contribution is 2.30. The second-order valence-electron chi connectivity index (χ2n) is 5.92. The van der Waals surface area contributed by atoms with Crippen LogP contribution in [0.5, 0.6) is 0 Å². The number of carbonyl (C=O) groups excluding carboxylic acids is 1. The molecule has 25 heavy (non-hydrogen) atoms. The van der Waals surface area contributed by atoms with Crippen LogP contribution in [0.15, 0.2) is 36.5 Å². The Kier molecular flexibility index (Phi) is 4.87. The Morgan fingerprint density at radius 2 is 1.92 bits per heavy atom. The summed E-state index contributed by atoms with van der Waals surface area (Å²) in [5.74, 6) is -0.236. The van der Waals surface area contributed by atoms with Crippen LogP contribution in [-0.4, -0.2) is 21.9 Å². The second-order valence-corrected chi connectivity index (χ2v) is 5.92. The van der Waals surface area contributed by atoms with Crippen molar-refractivity contribution in [2.75, 3.05) is 10.6 Å². The van der Waals surface area contributed by atoms with Crippen LogP contribution in [0.1, 0.15) is 41.7 Å². The molecule has 3 rings (SSSR count). The Morgan fingerprint density at radius 1 is 1.16 bits per heavy atom. The van der Waals surface area contributed by atoms with Crippen molar-refractivity contribution in [2.45, 2.75) is 37.9 Å². The molecular formula is C17H17F3N4O. The van der Waals surface area contributed by atoms with Gasteiger partial charge in [-0.25, -0.2) is 9.97 Å². The van der Waals surface area contributed by atoms with Crippen molar-refractivity contribution in [3.8, 4) is 0 Å². The fourth-order valence-electron chi connectivity index (χ4n) is 2.78. The minimum atomic E-state index is -4.46. The number of nitrogens with one attached hydrogen (secondary N) is 2. The van der Waals surface area contributed by atoms with Gasteiger partial charge in [-0.05, 0) is 37.1 Å². The van der Waals surface area contributed by atoms with Crippen LogP contribution in [0.3, 0.4) is 0 Å². The van der Waals surface area contributed by atoms with Crippen molar-refractivity contribution in [1.29, 1.82) is 0 Å². The second kappa shape index (κ2) is 7.08. The number of anilines is 2. The summed E-state index contributed by atoms with van der Waals surface area (Å²) in [6, 6.07) is 6.18. The molecule has 1 amide bonds. The number of hydrogen-bond donors (Lipinski definition) is 2. The van der Waals surface area contributed by atoms with E-state index < -0.39 is 17.6 Å². The highest BCUT2D eigenvalue weighted by atomic mass is 19.4. The number of rotatable bonds is 4. The molecule has 1 fully saturated rings. The quantitative estimate of drug-likeness (QED) is 0.871. The molecular weight excluding hydrogens is 333 g/mol. The Morgan fingerprint density at radius 3 is 2.64 bits per heavy atom. The van der Waals surface area contributed by atoms with E-state index >= 15 is 0 Å². The van der Waals surface area contributed by atoms with Gasteiger partial charge in [-0.1, -0.05) is 18.9 Å². The van der Waals surface area contributed by atoms with Crippen molar-refractivity contribution >= 4 is 17.5 Å². The van der Waals surface area contributed by atoms with Crippen LogP contribution in [0.4, 0.5) is 24.8 Å². The van der Waals surface area contributed by atoms with Gasteiger partial charge in [0.05, 0.1) is 5.56 Å². The topological polar surface area (TPSA) is 66.9 Å². The fraction of sp³-hybridized carbons (Fsp3) is 0.353. The van der Waals surface area contributed by atoms with Gasteiger partial charge in [0, 0.05) is 17.9 Å². The Hall–Kier alpha value is -2.64. The first-order valence-electron chi connectivity index (χ1n) is 8.00. The minimum Gasteiger partial charge on any atom is -0.351 e. The molecule has 1 aromatic carbocycles. The van der Waals surface area contributed by atoms with Crippen LogP contribution in [0, 0.1) is 0 Å². The van der Waals surface area contributed by atoms with Crippen LogP contribution in [0.25, 0.3) is 0 Å². The molecule has 0 bridgehead atoms. The van der Waals surface area contributed by atoms with Crippen molar-refractivity contribution in [1.82, 2.24) is 9.97 Å². The van der Waals surface area contributed by atoms with Gasteiger partial charge in [0.25, 0.3) is 5.91 Å². The summed E-state index contributed by atoms with van der Waals surface area (Å²) < 4.78 is 38.2. The maximum atomic E-state index is 12.7. The third-order valence-electron chi connectivity index (χ3n) is 4.02. The van der Waals surface area contributed by atoms with Crippen molar-refractivity contribution in [2.24, 2.45) is 0 Å². The molecule has 8 heteroatoms. The third kappa shape index (κ3) is 4.46. The first-order valence-corrected chi connectivity index (χ1v) is 8.00. The average Bonchev–Trinajstić information content (AvgIpc) is 3.07. The van der Waals surface area contributed by atoms with Crippen LogP contribution < -0.4 is 10.6 Å². The first kappa shape index (κ1) is 17.2. The predicted octanol–water partition coefficient (Wildman–Crippen LogP) is 4.10. The van der Waals surface area contributed by atoms with E-state index in [1.807, 2.05) is 0 Å². The van der Waals surface area contributed by atoms with E-state index in [1.165, 1.54) is 24.4 Å². The maximum absolute atomic E-state index is 12.7. The molecule has 1 aromatic heterocycles. The van der Waals surface area contributed by atoms with Gasteiger partial charge in [-0.2, -0.15) is 13.2 Å².